The number of sulfonamides is 1. The van der Waals surface area contributed by atoms with Crippen LogP contribution < -0.4 is 5.32 Å². The molecule has 196 valence electrons. The van der Waals surface area contributed by atoms with Gasteiger partial charge in [0.2, 0.25) is 15.9 Å². The van der Waals surface area contributed by atoms with Crippen LogP contribution in [0.3, 0.4) is 0 Å². The topological polar surface area (TPSA) is 86.8 Å². The number of anilines is 1. The van der Waals surface area contributed by atoms with Gasteiger partial charge >= 0.3 is 0 Å². The summed E-state index contributed by atoms with van der Waals surface area (Å²) in [5, 5.41) is 4.94. The molecular weight excluding hydrogens is 506 g/mol. The molecule has 0 unspecified atom stereocenters. The number of rotatable bonds is 9. The van der Waals surface area contributed by atoms with Crippen molar-refractivity contribution in [3.05, 3.63) is 82.0 Å². The third-order valence-corrected chi connectivity index (χ3v) is 9.59. The summed E-state index contributed by atoms with van der Waals surface area (Å²) in [7, 11) is -3.59. The first-order valence-electron chi connectivity index (χ1n) is 12.5. The quantitative estimate of drug-likeness (QED) is 0.397. The van der Waals surface area contributed by atoms with E-state index in [-0.39, 0.29) is 22.6 Å². The highest BCUT2D eigenvalue weighted by atomic mass is 32.2. The lowest BCUT2D eigenvalue weighted by atomic mass is 9.81. The molecule has 0 saturated heterocycles. The summed E-state index contributed by atoms with van der Waals surface area (Å²) in [5.74, 6) is -0.713. The lowest BCUT2D eigenvalue weighted by Crippen LogP contribution is -2.47. The average Bonchev–Trinajstić information content (AvgIpc) is 3.41. The lowest BCUT2D eigenvalue weighted by molar-refractivity contribution is -0.119. The first-order valence-corrected chi connectivity index (χ1v) is 14.8. The predicted octanol–water partition coefficient (Wildman–Crippen LogP) is 5.35. The number of benzene rings is 2. The summed E-state index contributed by atoms with van der Waals surface area (Å²) in [5.41, 5.74) is 1.74. The van der Waals surface area contributed by atoms with Gasteiger partial charge in [-0.15, -0.1) is 11.3 Å². The number of thiophene rings is 1. The number of hydrogen-bond donors (Lipinski definition) is 1. The van der Waals surface area contributed by atoms with E-state index in [2.05, 4.69) is 19.2 Å². The third-order valence-electron chi connectivity index (χ3n) is 6.58. The summed E-state index contributed by atoms with van der Waals surface area (Å²) < 4.78 is 27.1. The van der Waals surface area contributed by atoms with E-state index in [0.29, 0.717) is 36.4 Å². The molecule has 2 amide bonds. The molecule has 3 aromatic rings. The van der Waals surface area contributed by atoms with E-state index in [1.165, 1.54) is 27.8 Å². The summed E-state index contributed by atoms with van der Waals surface area (Å²) in [6.45, 7) is 9.01. The maximum atomic E-state index is 13.9. The van der Waals surface area contributed by atoms with Crippen molar-refractivity contribution in [2.24, 2.45) is 5.92 Å². The van der Waals surface area contributed by atoms with Gasteiger partial charge in [0.1, 0.15) is 0 Å². The highest BCUT2D eigenvalue weighted by Crippen LogP contribution is 2.45. The fourth-order valence-electron chi connectivity index (χ4n) is 4.89. The van der Waals surface area contributed by atoms with Crippen molar-refractivity contribution >= 4 is 38.9 Å². The molecule has 1 aliphatic heterocycles. The van der Waals surface area contributed by atoms with E-state index in [1.807, 2.05) is 40.6 Å². The molecule has 2 aromatic carbocycles. The van der Waals surface area contributed by atoms with Crippen LogP contribution in [0.1, 0.15) is 60.5 Å². The van der Waals surface area contributed by atoms with Crippen LogP contribution in [-0.2, 0) is 14.8 Å². The van der Waals surface area contributed by atoms with Crippen molar-refractivity contribution in [1.82, 2.24) is 9.21 Å². The van der Waals surface area contributed by atoms with Crippen LogP contribution in [-0.4, -0.2) is 49.1 Å². The number of fused-ring (bicyclic) bond motifs is 1. The average molecular weight is 540 g/mol. The zero-order chi connectivity index (χ0) is 26.7. The van der Waals surface area contributed by atoms with Crippen molar-refractivity contribution < 1.29 is 18.0 Å². The Hall–Kier alpha value is -3.01. The van der Waals surface area contributed by atoms with Crippen LogP contribution >= 0.6 is 11.3 Å². The lowest BCUT2D eigenvalue weighted by Gasteiger charge is -2.42. The minimum atomic E-state index is -3.59. The Kier molecular flexibility index (Phi) is 8.16. The highest BCUT2D eigenvalue weighted by Gasteiger charge is 2.44. The maximum absolute atomic E-state index is 13.9. The Morgan fingerprint density at radius 1 is 1.03 bits per heavy atom. The maximum Gasteiger partial charge on any atom is 0.254 e. The molecule has 7 nitrogen and oxygen atoms in total. The largest absolute Gasteiger partial charge is 0.329 e. The standard InChI is InChI=1S/C28H33N3O4S2/c1-5-30(6-2)37(34,35)21-15-13-20(14-16-21)29-27(32)25-22-10-7-8-11-23(22)28(33)31(18-19(3)4)26(25)24-12-9-17-36-24/h7-17,19,25-26H,5-6,18H2,1-4H3,(H,29,32)/t25-,26-/m1/s1. The number of nitrogens with zero attached hydrogens (tertiary/aromatic N) is 2. The molecule has 0 fully saturated rings. The number of amides is 2. The number of carbonyl (C=O) groups is 2. The van der Waals surface area contributed by atoms with Crippen LogP contribution in [0.5, 0.6) is 0 Å². The minimum Gasteiger partial charge on any atom is -0.329 e. The van der Waals surface area contributed by atoms with Crippen LogP contribution in [0, 0.1) is 5.92 Å². The molecule has 0 bridgehead atoms. The number of hydrogen-bond acceptors (Lipinski definition) is 5. The minimum absolute atomic E-state index is 0.0716. The number of carbonyl (C=O) groups excluding carboxylic acids is 2. The molecule has 0 spiro atoms. The zero-order valence-electron chi connectivity index (χ0n) is 21.5. The fourth-order valence-corrected chi connectivity index (χ4v) is 7.22. The Morgan fingerprint density at radius 2 is 1.70 bits per heavy atom. The van der Waals surface area contributed by atoms with Crippen molar-refractivity contribution in [1.29, 1.82) is 0 Å². The van der Waals surface area contributed by atoms with Gasteiger partial charge in [0, 0.05) is 35.8 Å². The van der Waals surface area contributed by atoms with Gasteiger partial charge in [-0.2, -0.15) is 4.31 Å². The first kappa shape index (κ1) is 27.0. The Balaban J connectivity index is 1.70. The summed E-state index contributed by atoms with van der Waals surface area (Å²) in [6, 6.07) is 17.0. The molecule has 1 N–H and O–H groups in total. The van der Waals surface area contributed by atoms with Gasteiger partial charge in [0.15, 0.2) is 0 Å². The second-order valence-electron chi connectivity index (χ2n) is 9.48. The summed E-state index contributed by atoms with van der Waals surface area (Å²) in [4.78, 5) is 30.4. The Bertz CT molecular complexity index is 1350. The van der Waals surface area contributed by atoms with Gasteiger partial charge in [-0.1, -0.05) is 52.0 Å². The summed E-state index contributed by atoms with van der Waals surface area (Å²) >= 11 is 1.53. The van der Waals surface area contributed by atoms with Gasteiger partial charge in [-0.25, -0.2) is 8.42 Å². The smallest absolute Gasteiger partial charge is 0.254 e. The van der Waals surface area contributed by atoms with Crippen LogP contribution in [0.15, 0.2) is 70.9 Å². The highest BCUT2D eigenvalue weighted by molar-refractivity contribution is 7.89. The predicted molar refractivity (Wildman–Crippen MR) is 147 cm³/mol. The van der Waals surface area contributed by atoms with Crippen molar-refractivity contribution in [3.63, 3.8) is 0 Å². The first-order chi connectivity index (χ1) is 17.7. The third kappa shape index (κ3) is 5.35. The van der Waals surface area contributed by atoms with E-state index in [4.69, 9.17) is 0 Å². The van der Waals surface area contributed by atoms with Crippen LogP contribution in [0.4, 0.5) is 5.69 Å². The van der Waals surface area contributed by atoms with E-state index in [1.54, 1.807) is 32.0 Å². The fraction of sp³-hybridized carbons (Fsp3) is 0.357. The van der Waals surface area contributed by atoms with Crippen molar-refractivity contribution in [2.75, 3.05) is 25.0 Å². The second-order valence-corrected chi connectivity index (χ2v) is 12.4. The molecule has 2 heterocycles. The molecule has 4 rings (SSSR count). The molecule has 1 aliphatic rings. The number of nitrogens with one attached hydrogen (secondary N) is 1. The molecule has 1 aromatic heterocycles. The summed E-state index contributed by atoms with van der Waals surface area (Å²) in [6.07, 6.45) is 0. The van der Waals surface area contributed by atoms with Gasteiger partial charge in [-0.05, 0) is 53.3 Å². The monoisotopic (exact) mass is 539 g/mol. The van der Waals surface area contributed by atoms with E-state index in [9.17, 15) is 18.0 Å². The molecule has 0 aliphatic carbocycles. The molecule has 0 saturated carbocycles. The van der Waals surface area contributed by atoms with E-state index >= 15 is 0 Å². The molecule has 37 heavy (non-hydrogen) atoms. The van der Waals surface area contributed by atoms with Crippen molar-refractivity contribution in [3.8, 4) is 0 Å². The molecular formula is C28H33N3O4S2. The zero-order valence-corrected chi connectivity index (χ0v) is 23.2. The van der Waals surface area contributed by atoms with E-state index in [0.717, 1.165) is 4.88 Å². The second kappa shape index (κ2) is 11.2. The molecule has 9 heteroatoms. The van der Waals surface area contributed by atoms with Crippen LogP contribution in [0.25, 0.3) is 0 Å². The SMILES string of the molecule is CCN(CC)S(=O)(=O)c1ccc(NC(=O)[C@@H]2c3ccccc3C(=O)N(CC(C)C)[C@@H]2c2cccs2)cc1. The van der Waals surface area contributed by atoms with Crippen LogP contribution in [0.2, 0.25) is 0 Å². The van der Waals surface area contributed by atoms with Gasteiger partial charge in [-0.3, -0.25) is 9.59 Å². The van der Waals surface area contributed by atoms with Crippen molar-refractivity contribution in [2.45, 2.75) is 44.6 Å². The molecule has 2 atom stereocenters. The van der Waals surface area contributed by atoms with E-state index < -0.39 is 22.0 Å². The normalized spacial score (nSPS) is 17.8. The van der Waals surface area contributed by atoms with Gasteiger partial charge in [0.05, 0.1) is 16.9 Å². The molecule has 0 radical (unpaired) electrons. The van der Waals surface area contributed by atoms with Gasteiger partial charge < -0.3 is 10.2 Å². The Morgan fingerprint density at radius 3 is 2.30 bits per heavy atom. The Labute approximate surface area is 223 Å². The van der Waals surface area contributed by atoms with Gasteiger partial charge in [0.25, 0.3) is 5.91 Å².